The van der Waals surface area contributed by atoms with Crippen LogP contribution in [0.25, 0.3) is 6.08 Å². The third kappa shape index (κ3) is 3.11. The number of hydrogen-bond acceptors (Lipinski definition) is 5. The molecule has 4 rings (SSSR count). The van der Waals surface area contributed by atoms with Gasteiger partial charge in [-0.25, -0.2) is 0 Å². The summed E-state index contributed by atoms with van der Waals surface area (Å²) < 4.78 is 11.8. The molecule has 138 valence electrons. The molecule has 5 nitrogen and oxygen atoms in total. The number of Topliss-reactive ketones (excluding diaryl/α,β-unsaturated/α-hetero) is 1. The lowest BCUT2D eigenvalue weighted by molar-refractivity contribution is 0.101. The molecule has 5 heteroatoms. The molecule has 2 aliphatic rings. The zero-order chi connectivity index (χ0) is 19.1. The molecule has 2 heterocycles. The van der Waals surface area contributed by atoms with E-state index in [1.54, 1.807) is 18.2 Å². The first-order valence-corrected chi connectivity index (χ1v) is 8.85. The van der Waals surface area contributed by atoms with Crippen molar-refractivity contribution in [3.05, 3.63) is 70.5 Å². The Morgan fingerprint density at radius 2 is 1.96 bits per heavy atom. The Morgan fingerprint density at radius 3 is 2.74 bits per heavy atom. The van der Waals surface area contributed by atoms with E-state index in [1.165, 1.54) is 0 Å². The average Bonchev–Trinajstić information content (AvgIpc) is 2.94. The molecule has 0 radical (unpaired) electrons. The highest BCUT2D eigenvalue weighted by molar-refractivity contribution is 6.13. The van der Waals surface area contributed by atoms with Crippen molar-refractivity contribution >= 4 is 11.9 Å². The van der Waals surface area contributed by atoms with Crippen molar-refractivity contribution < 1.29 is 19.4 Å². The van der Waals surface area contributed by atoms with Crippen molar-refractivity contribution in [2.24, 2.45) is 0 Å². The molecule has 0 saturated heterocycles. The number of rotatable bonds is 3. The highest BCUT2D eigenvalue weighted by atomic mass is 16.5. The number of ketones is 1. The third-order valence-corrected chi connectivity index (χ3v) is 4.70. The predicted octanol–water partition coefficient (Wildman–Crippen LogP) is 3.78. The van der Waals surface area contributed by atoms with Gasteiger partial charge in [0.05, 0.1) is 11.1 Å². The van der Waals surface area contributed by atoms with Crippen molar-refractivity contribution in [1.82, 2.24) is 4.90 Å². The van der Waals surface area contributed by atoms with Crippen LogP contribution in [-0.2, 0) is 6.54 Å². The summed E-state index contributed by atoms with van der Waals surface area (Å²) in [5.41, 5.74) is 2.92. The molecule has 0 aliphatic carbocycles. The van der Waals surface area contributed by atoms with Crippen molar-refractivity contribution in [3.63, 3.8) is 0 Å². The Kier molecular flexibility index (Phi) is 4.24. The smallest absolute Gasteiger partial charge is 0.231 e. The molecular weight excluding hydrogens is 342 g/mol. The Hall–Kier alpha value is -3.05. The van der Waals surface area contributed by atoms with E-state index in [-0.39, 0.29) is 23.4 Å². The van der Waals surface area contributed by atoms with E-state index in [4.69, 9.17) is 9.47 Å². The fourth-order valence-electron chi connectivity index (χ4n) is 3.34. The van der Waals surface area contributed by atoms with Crippen LogP contribution in [0.1, 0.15) is 28.4 Å². The van der Waals surface area contributed by atoms with Crippen molar-refractivity contribution in [3.8, 4) is 17.2 Å². The lowest BCUT2D eigenvalue weighted by Gasteiger charge is -2.22. The second kappa shape index (κ2) is 6.59. The molecule has 0 unspecified atom stereocenters. The number of benzene rings is 2. The van der Waals surface area contributed by atoms with Crippen LogP contribution in [0.2, 0.25) is 0 Å². The molecular formula is C22H21NO4. The Morgan fingerprint density at radius 1 is 1.19 bits per heavy atom. The minimum Gasteiger partial charge on any atom is -0.507 e. The molecule has 1 N–H and O–H groups in total. The highest BCUT2D eigenvalue weighted by Crippen LogP contribution is 2.40. The molecule has 27 heavy (non-hydrogen) atoms. The molecule has 0 spiro atoms. The van der Waals surface area contributed by atoms with Crippen LogP contribution in [0.3, 0.4) is 0 Å². The van der Waals surface area contributed by atoms with Gasteiger partial charge in [-0.05, 0) is 56.9 Å². The number of hydrogen-bond donors (Lipinski definition) is 1. The van der Waals surface area contributed by atoms with Crippen molar-refractivity contribution in [1.29, 1.82) is 0 Å². The van der Waals surface area contributed by atoms with Gasteiger partial charge < -0.3 is 19.5 Å². The van der Waals surface area contributed by atoms with E-state index in [2.05, 4.69) is 0 Å². The van der Waals surface area contributed by atoms with Gasteiger partial charge in [-0.3, -0.25) is 4.79 Å². The fraction of sp³-hybridized carbons (Fsp3) is 0.227. The highest BCUT2D eigenvalue weighted by Gasteiger charge is 2.32. The first kappa shape index (κ1) is 17.4. The summed E-state index contributed by atoms with van der Waals surface area (Å²) >= 11 is 0. The molecule has 0 saturated carbocycles. The van der Waals surface area contributed by atoms with Gasteiger partial charge in [0.25, 0.3) is 0 Å². The van der Waals surface area contributed by atoms with Crippen LogP contribution >= 0.6 is 0 Å². The molecule has 0 bridgehead atoms. The molecule has 2 aromatic carbocycles. The largest absolute Gasteiger partial charge is 0.507 e. The van der Waals surface area contributed by atoms with Gasteiger partial charge >= 0.3 is 0 Å². The van der Waals surface area contributed by atoms with E-state index in [0.29, 0.717) is 23.4 Å². The number of fused-ring (bicyclic) bond motifs is 2. The number of carbonyl (C=O) groups excluding carboxylic acids is 1. The van der Waals surface area contributed by atoms with Crippen LogP contribution in [0.15, 0.2) is 53.8 Å². The van der Waals surface area contributed by atoms with E-state index in [9.17, 15) is 9.90 Å². The maximum atomic E-state index is 12.8. The summed E-state index contributed by atoms with van der Waals surface area (Å²) in [6, 6.07) is 10.9. The molecule has 0 aromatic heterocycles. The van der Waals surface area contributed by atoms with Gasteiger partial charge in [0.1, 0.15) is 23.4 Å². The topological polar surface area (TPSA) is 59.0 Å². The summed E-state index contributed by atoms with van der Waals surface area (Å²) in [5, 5.41) is 10.2. The average molecular weight is 363 g/mol. The van der Waals surface area contributed by atoms with E-state index < -0.39 is 0 Å². The zero-order valence-electron chi connectivity index (χ0n) is 15.5. The molecule has 2 aliphatic heterocycles. The molecule has 0 amide bonds. The summed E-state index contributed by atoms with van der Waals surface area (Å²) in [5.74, 6) is 1.45. The predicted molar refractivity (Wildman–Crippen MR) is 103 cm³/mol. The summed E-state index contributed by atoms with van der Waals surface area (Å²) in [4.78, 5) is 14.7. The minimum atomic E-state index is -0.192. The van der Waals surface area contributed by atoms with Crippen LogP contribution in [0.4, 0.5) is 0 Å². The number of phenols is 1. The van der Waals surface area contributed by atoms with Gasteiger partial charge in [-0.1, -0.05) is 18.2 Å². The van der Waals surface area contributed by atoms with Gasteiger partial charge in [0.15, 0.2) is 5.76 Å². The number of allylic oxidation sites excluding steroid dienone is 1. The summed E-state index contributed by atoms with van der Waals surface area (Å²) in [6.07, 6.45) is 3.55. The van der Waals surface area contributed by atoms with E-state index >= 15 is 0 Å². The van der Waals surface area contributed by atoms with Gasteiger partial charge in [-0.2, -0.15) is 0 Å². The minimum absolute atomic E-state index is 0.124. The summed E-state index contributed by atoms with van der Waals surface area (Å²) in [6.45, 7) is 2.42. The lowest BCUT2D eigenvalue weighted by atomic mass is 10.0. The number of phenolic OH excluding ortho intramolecular Hbond substituents is 1. The van der Waals surface area contributed by atoms with Crippen molar-refractivity contribution in [2.45, 2.75) is 19.6 Å². The number of aromatic hydroxyl groups is 1. The maximum absolute atomic E-state index is 12.8. The van der Waals surface area contributed by atoms with E-state index in [1.807, 2.05) is 56.3 Å². The van der Waals surface area contributed by atoms with Gasteiger partial charge in [-0.15, -0.1) is 0 Å². The SMILES string of the molecule is C[C@H]1Oc2ccccc2C=C1C=C1Oc2c(ccc(O)c2CN(C)C)C1=O. The molecule has 0 fully saturated rings. The fourth-order valence-corrected chi connectivity index (χ4v) is 3.34. The zero-order valence-corrected chi connectivity index (χ0v) is 15.5. The van der Waals surface area contributed by atoms with Crippen LogP contribution in [-0.4, -0.2) is 36.0 Å². The number of carbonyl (C=O) groups is 1. The maximum Gasteiger partial charge on any atom is 0.231 e. The first-order chi connectivity index (χ1) is 12.9. The molecule has 1 atom stereocenters. The Labute approximate surface area is 158 Å². The second-order valence-electron chi connectivity index (χ2n) is 7.06. The first-order valence-electron chi connectivity index (χ1n) is 8.85. The number of para-hydroxylation sites is 1. The van der Waals surface area contributed by atoms with Crippen LogP contribution in [0.5, 0.6) is 17.2 Å². The van der Waals surface area contributed by atoms with Crippen molar-refractivity contribution in [2.75, 3.05) is 14.1 Å². The Balaban J connectivity index is 1.72. The van der Waals surface area contributed by atoms with Crippen LogP contribution < -0.4 is 9.47 Å². The molecule has 2 aromatic rings. The lowest BCUT2D eigenvalue weighted by Crippen LogP contribution is -2.18. The summed E-state index contributed by atoms with van der Waals surface area (Å²) in [7, 11) is 3.80. The van der Waals surface area contributed by atoms with Gasteiger partial charge in [0.2, 0.25) is 5.78 Å². The van der Waals surface area contributed by atoms with Gasteiger partial charge in [0, 0.05) is 12.1 Å². The second-order valence-corrected chi connectivity index (χ2v) is 7.06. The number of ether oxygens (including phenoxy) is 2. The quantitative estimate of drug-likeness (QED) is 0.841. The standard InChI is InChI=1S/C22H21NO4/c1-13-15(10-14-6-4-5-7-19(14)26-13)11-20-21(25)16-8-9-18(24)17(12-23(2)3)22(16)27-20/h4-11,13,24H,12H2,1-3H3/t13-/m1/s1. The number of nitrogens with zero attached hydrogens (tertiary/aromatic N) is 1. The normalized spacial score (nSPS) is 19.4. The van der Waals surface area contributed by atoms with Crippen LogP contribution in [0, 0.1) is 0 Å². The van der Waals surface area contributed by atoms with E-state index in [0.717, 1.165) is 16.9 Å². The monoisotopic (exact) mass is 363 g/mol. The third-order valence-electron chi connectivity index (χ3n) is 4.70. The Bertz CT molecular complexity index is 988.